The molecule has 0 fully saturated rings. The van der Waals surface area contributed by atoms with Gasteiger partial charge in [-0.15, -0.1) is 0 Å². The zero-order valence-corrected chi connectivity index (χ0v) is 20.7. The van der Waals surface area contributed by atoms with Gasteiger partial charge in [-0.25, -0.2) is 8.42 Å². The summed E-state index contributed by atoms with van der Waals surface area (Å²) in [5.74, 6) is -0.316. The Labute approximate surface area is 200 Å². The standard InChI is InChI=1S/C24H30ClN3O4S/c1-16(2)14-22(24(30)26-12-10-18-4-6-20(25)7-5-18)27-33(31,32)21-8-9-23-19(15-21)11-13-28(23)17(3)29/h4-9,15-16,22,27H,10-14H2,1-3H3,(H,26,30). The van der Waals surface area contributed by atoms with Crippen LogP contribution in [0, 0.1) is 5.92 Å². The number of benzene rings is 2. The molecule has 0 bridgehead atoms. The molecule has 9 heteroatoms. The molecule has 0 aromatic heterocycles. The molecule has 7 nitrogen and oxygen atoms in total. The Morgan fingerprint density at radius 3 is 2.45 bits per heavy atom. The molecule has 1 heterocycles. The molecule has 1 atom stereocenters. The van der Waals surface area contributed by atoms with Crippen molar-refractivity contribution in [2.45, 2.75) is 51.0 Å². The molecule has 0 radical (unpaired) electrons. The number of hydrogen-bond donors (Lipinski definition) is 2. The van der Waals surface area contributed by atoms with Gasteiger partial charge in [-0.05, 0) is 66.6 Å². The van der Waals surface area contributed by atoms with Crippen molar-refractivity contribution in [1.29, 1.82) is 0 Å². The van der Waals surface area contributed by atoms with Crippen molar-refractivity contribution in [2.24, 2.45) is 5.92 Å². The number of hydrogen-bond acceptors (Lipinski definition) is 4. The van der Waals surface area contributed by atoms with E-state index in [1.165, 1.54) is 13.0 Å². The van der Waals surface area contributed by atoms with E-state index in [9.17, 15) is 18.0 Å². The van der Waals surface area contributed by atoms with Crippen molar-refractivity contribution in [3.8, 4) is 0 Å². The minimum atomic E-state index is -3.92. The van der Waals surface area contributed by atoms with Gasteiger partial charge in [0.1, 0.15) is 6.04 Å². The highest BCUT2D eigenvalue weighted by molar-refractivity contribution is 7.89. The third-order valence-electron chi connectivity index (χ3n) is 5.58. The number of anilines is 1. The first-order valence-electron chi connectivity index (χ1n) is 11.0. The van der Waals surface area contributed by atoms with Gasteiger partial charge < -0.3 is 10.2 Å². The topological polar surface area (TPSA) is 95.6 Å². The molecule has 2 N–H and O–H groups in total. The van der Waals surface area contributed by atoms with Crippen LogP contribution in [0.2, 0.25) is 5.02 Å². The van der Waals surface area contributed by atoms with Crippen LogP contribution < -0.4 is 14.9 Å². The zero-order valence-electron chi connectivity index (χ0n) is 19.1. The summed E-state index contributed by atoms with van der Waals surface area (Å²) in [5, 5.41) is 3.49. The van der Waals surface area contributed by atoms with E-state index in [4.69, 9.17) is 11.6 Å². The van der Waals surface area contributed by atoms with E-state index in [2.05, 4.69) is 10.0 Å². The average Bonchev–Trinajstić information content (AvgIpc) is 3.18. The van der Waals surface area contributed by atoms with Crippen LogP contribution in [0.3, 0.4) is 0 Å². The Morgan fingerprint density at radius 2 is 1.82 bits per heavy atom. The number of amides is 2. The van der Waals surface area contributed by atoms with Gasteiger partial charge in [0.25, 0.3) is 0 Å². The fourth-order valence-corrected chi connectivity index (χ4v) is 5.30. The SMILES string of the molecule is CC(=O)N1CCc2cc(S(=O)(=O)NC(CC(C)C)C(=O)NCCc3ccc(Cl)cc3)ccc21. The first kappa shape index (κ1) is 25.2. The Bertz CT molecular complexity index is 1120. The summed E-state index contributed by atoms with van der Waals surface area (Å²) in [4.78, 5) is 26.3. The second kappa shape index (κ2) is 10.7. The lowest BCUT2D eigenvalue weighted by Crippen LogP contribution is -2.47. The number of rotatable bonds is 9. The largest absolute Gasteiger partial charge is 0.354 e. The van der Waals surface area contributed by atoms with Gasteiger partial charge in [-0.1, -0.05) is 37.6 Å². The van der Waals surface area contributed by atoms with Crippen molar-refractivity contribution in [3.05, 3.63) is 58.6 Å². The Balaban J connectivity index is 1.69. The fraction of sp³-hybridized carbons (Fsp3) is 0.417. The van der Waals surface area contributed by atoms with E-state index < -0.39 is 16.1 Å². The summed E-state index contributed by atoms with van der Waals surface area (Å²) in [6.07, 6.45) is 1.58. The zero-order chi connectivity index (χ0) is 24.2. The molecule has 0 saturated heterocycles. The molecule has 0 saturated carbocycles. The van der Waals surface area contributed by atoms with Crippen LogP contribution in [-0.2, 0) is 32.5 Å². The van der Waals surface area contributed by atoms with Crippen LogP contribution in [0.15, 0.2) is 47.4 Å². The van der Waals surface area contributed by atoms with Crippen LogP contribution in [-0.4, -0.2) is 39.4 Å². The summed E-state index contributed by atoms with van der Waals surface area (Å²) < 4.78 is 28.8. The number of carbonyl (C=O) groups is 2. The Hall–Kier alpha value is -2.42. The first-order valence-corrected chi connectivity index (χ1v) is 12.9. The van der Waals surface area contributed by atoms with Crippen LogP contribution in [0.4, 0.5) is 5.69 Å². The van der Waals surface area contributed by atoms with E-state index >= 15 is 0 Å². The highest BCUT2D eigenvalue weighted by Crippen LogP contribution is 2.30. The molecule has 0 aliphatic carbocycles. The lowest BCUT2D eigenvalue weighted by Gasteiger charge is -2.21. The maximum Gasteiger partial charge on any atom is 0.241 e. The predicted molar refractivity (Wildman–Crippen MR) is 130 cm³/mol. The first-order chi connectivity index (χ1) is 15.6. The van der Waals surface area contributed by atoms with Gasteiger partial charge in [-0.2, -0.15) is 4.72 Å². The summed E-state index contributed by atoms with van der Waals surface area (Å²) in [6.45, 7) is 6.29. The third kappa shape index (κ3) is 6.56. The average molecular weight is 492 g/mol. The highest BCUT2D eigenvalue weighted by Gasteiger charge is 2.29. The molecule has 1 unspecified atom stereocenters. The van der Waals surface area contributed by atoms with Crippen LogP contribution in [0.25, 0.3) is 0 Å². The molecule has 3 rings (SSSR count). The van der Waals surface area contributed by atoms with Crippen molar-refractivity contribution < 1.29 is 18.0 Å². The van der Waals surface area contributed by atoms with E-state index in [0.29, 0.717) is 37.4 Å². The van der Waals surface area contributed by atoms with Crippen molar-refractivity contribution in [1.82, 2.24) is 10.0 Å². The molecule has 33 heavy (non-hydrogen) atoms. The second-order valence-electron chi connectivity index (χ2n) is 8.68. The van der Waals surface area contributed by atoms with Crippen LogP contribution >= 0.6 is 11.6 Å². The van der Waals surface area contributed by atoms with Gasteiger partial charge >= 0.3 is 0 Å². The molecule has 0 spiro atoms. The number of nitrogens with one attached hydrogen (secondary N) is 2. The van der Waals surface area contributed by atoms with Gasteiger partial charge in [0.05, 0.1) is 4.90 Å². The summed E-state index contributed by atoms with van der Waals surface area (Å²) >= 11 is 5.90. The fourth-order valence-electron chi connectivity index (χ4n) is 3.91. The number of nitrogens with zero attached hydrogens (tertiary/aromatic N) is 1. The van der Waals surface area contributed by atoms with E-state index in [-0.39, 0.29) is 22.6 Å². The van der Waals surface area contributed by atoms with Crippen LogP contribution in [0.1, 0.15) is 38.3 Å². The lowest BCUT2D eigenvalue weighted by atomic mass is 10.0. The highest BCUT2D eigenvalue weighted by atomic mass is 35.5. The third-order valence-corrected chi connectivity index (χ3v) is 7.31. The number of halogens is 1. The molecule has 2 amide bonds. The Kier molecular flexibility index (Phi) is 8.15. The van der Waals surface area contributed by atoms with Gasteiger partial charge in [0, 0.05) is 30.7 Å². The van der Waals surface area contributed by atoms with Crippen molar-refractivity contribution in [2.75, 3.05) is 18.0 Å². The van der Waals surface area contributed by atoms with Gasteiger partial charge in [0.15, 0.2) is 0 Å². The predicted octanol–water partition coefficient (Wildman–Crippen LogP) is 3.30. The maximum atomic E-state index is 13.1. The normalized spacial score (nSPS) is 14.3. The summed E-state index contributed by atoms with van der Waals surface area (Å²) in [6, 6.07) is 11.2. The number of fused-ring (bicyclic) bond motifs is 1. The number of sulfonamides is 1. The molecule has 1 aliphatic heterocycles. The van der Waals surface area contributed by atoms with E-state index in [1.54, 1.807) is 29.2 Å². The van der Waals surface area contributed by atoms with Gasteiger partial charge in [-0.3, -0.25) is 9.59 Å². The molecule has 2 aromatic rings. The van der Waals surface area contributed by atoms with Crippen molar-refractivity contribution in [3.63, 3.8) is 0 Å². The van der Waals surface area contributed by atoms with Crippen LogP contribution in [0.5, 0.6) is 0 Å². The number of carbonyl (C=O) groups excluding carboxylic acids is 2. The molecule has 178 valence electrons. The quantitative estimate of drug-likeness (QED) is 0.562. The minimum absolute atomic E-state index is 0.0743. The molecule has 1 aliphatic rings. The molecule has 2 aromatic carbocycles. The summed E-state index contributed by atoms with van der Waals surface area (Å²) in [5.41, 5.74) is 2.57. The lowest BCUT2D eigenvalue weighted by molar-refractivity contribution is -0.123. The maximum absolute atomic E-state index is 13.1. The molecular formula is C24H30ClN3O4S. The van der Waals surface area contributed by atoms with E-state index in [1.807, 2.05) is 26.0 Å². The second-order valence-corrected chi connectivity index (χ2v) is 10.8. The molecular weight excluding hydrogens is 462 g/mol. The van der Waals surface area contributed by atoms with E-state index in [0.717, 1.165) is 16.8 Å². The van der Waals surface area contributed by atoms with Crippen molar-refractivity contribution >= 4 is 39.1 Å². The minimum Gasteiger partial charge on any atom is -0.354 e. The monoisotopic (exact) mass is 491 g/mol. The summed E-state index contributed by atoms with van der Waals surface area (Å²) in [7, 11) is -3.92. The van der Waals surface area contributed by atoms with Gasteiger partial charge in [0.2, 0.25) is 21.8 Å². The smallest absolute Gasteiger partial charge is 0.241 e. The Morgan fingerprint density at radius 1 is 1.12 bits per heavy atom.